The molecule has 0 amide bonds. The summed E-state index contributed by atoms with van der Waals surface area (Å²) in [5.74, 6) is -0.262. The number of nitrogens with zero attached hydrogens (tertiary/aromatic N) is 1. The quantitative estimate of drug-likeness (QED) is 0.709. The van der Waals surface area contributed by atoms with E-state index in [-0.39, 0.29) is 11.9 Å². The number of rotatable bonds is 2. The van der Waals surface area contributed by atoms with Crippen molar-refractivity contribution in [2.24, 2.45) is 0 Å². The summed E-state index contributed by atoms with van der Waals surface area (Å²) in [6.07, 6.45) is 7.61. The van der Waals surface area contributed by atoms with Crippen LogP contribution in [-0.2, 0) is 16.0 Å². The Balaban J connectivity index is 1.72. The maximum atomic E-state index is 13.0. The second-order valence-electron chi connectivity index (χ2n) is 9.83. The highest BCUT2D eigenvalue weighted by Gasteiger charge is 2.31. The topological polar surface area (TPSA) is 29.5 Å². The molecule has 1 heterocycles. The van der Waals surface area contributed by atoms with Crippen LogP contribution in [-0.4, -0.2) is 29.6 Å². The molecule has 0 radical (unpaired) electrons. The molecule has 2 aromatic rings. The number of fused-ring (bicyclic) bond motifs is 5. The van der Waals surface area contributed by atoms with Gasteiger partial charge in [-0.2, -0.15) is 0 Å². The van der Waals surface area contributed by atoms with Gasteiger partial charge in [-0.25, -0.2) is 0 Å². The van der Waals surface area contributed by atoms with Gasteiger partial charge in [0.1, 0.15) is 5.60 Å². The summed E-state index contributed by atoms with van der Waals surface area (Å²) in [7, 11) is 0. The van der Waals surface area contributed by atoms with Gasteiger partial charge in [-0.1, -0.05) is 42.5 Å². The minimum absolute atomic E-state index is 0.0873. The molecule has 2 aliphatic carbocycles. The smallest absolute Gasteiger partial charge is 0.313 e. The van der Waals surface area contributed by atoms with Gasteiger partial charge in [0, 0.05) is 30.4 Å². The number of hydrogen-bond acceptors (Lipinski definition) is 3. The molecule has 1 atom stereocenters. The van der Waals surface area contributed by atoms with Crippen molar-refractivity contribution in [2.45, 2.75) is 64.4 Å². The normalized spacial score (nSPS) is 20.2. The van der Waals surface area contributed by atoms with Crippen LogP contribution in [0.3, 0.4) is 0 Å². The second kappa shape index (κ2) is 7.30. The zero-order chi connectivity index (χ0) is 20.9. The molecule has 0 N–H and O–H groups in total. The number of hydrogen-bond donors (Lipinski definition) is 0. The zero-order valence-corrected chi connectivity index (χ0v) is 18.3. The standard InChI is InChI=1S/C27H31NO2/c1-27(2,3)30-26(29)23-12-8-11-21-20(23)13-14-22-19-10-5-4-9-18(19)17-24(25(21)22)28-15-6-7-16-28/h4-5,9-11,13-14,23H,6-8,12,15-17H2,1-3H3. The Bertz CT molecular complexity index is 1120. The molecule has 1 unspecified atom stereocenters. The summed E-state index contributed by atoms with van der Waals surface area (Å²) in [6.45, 7) is 8.11. The highest BCUT2D eigenvalue weighted by molar-refractivity contribution is 5.82. The molecule has 1 aliphatic heterocycles. The van der Waals surface area contributed by atoms with E-state index in [1.807, 2.05) is 20.8 Å². The van der Waals surface area contributed by atoms with Crippen LogP contribution in [0.5, 0.6) is 0 Å². The molecule has 2 aromatic carbocycles. The molecule has 0 aromatic heterocycles. The third-order valence-electron chi connectivity index (χ3n) is 6.59. The van der Waals surface area contributed by atoms with Crippen LogP contribution in [0.2, 0.25) is 0 Å². The van der Waals surface area contributed by atoms with E-state index in [0.717, 1.165) is 37.9 Å². The first kappa shape index (κ1) is 19.4. The zero-order valence-electron chi connectivity index (χ0n) is 18.3. The van der Waals surface area contributed by atoms with Gasteiger partial charge in [-0.3, -0.25) is 4.79 Å². The third-order valence-corrected chi connectivity index (χ3v) is 6.59. The molecular weight excluding hydrogens is 370 g/mol. The maximum Gasteiger partial charge on any atom is 0.313 e. The molecule has 0 spiro atoms. The van der Waals surface area contributed by atoms with Crippen molar-refractivity contribution in [2.75, 3.05) is 13.1 Å². The van der Waals surface area contributed by atoms with E-state index < -0.39 is 5.60 Å². The lowest BCUT2D eigenvalue weighted by Gasteiger charge is -2.30. The van der Waals surface area contributed by atoms with Crippen molar-refractivity contribution in [3.63, 3.8) is 0 Å². The molecule has 156 valence electrons. The van der Waals surface area contributed by atoms with E-state index in [0.29, 0.717) is 0 Å². The van der Waals surface area contributed by atoms with Crippen LogP contribution in [0.4, 0.5) is 0 Å². The fourth-order valence-corrected chi connectivity index (χ4v) is 5.33. The number of carbonyl (C=O) groups excluding carboxylic acids is 1. The molecule has 5 rings (SSSR count). The minimum atomic E-state index is -0.460. The SMILES string of the molecule is CC(C)(C)OC(=O)C1CCC=c2c1ccc1c2=C(N2CCCC2)Cc2ccccc2-1. The van der Waals surface area contributed by atoms with E-state index >= 15 is 0 Å². The highest BCUT2D eigenvalue weighted by atomic mass is 16.6. The van der Waals surface area contributed by atoms with E-state index in [9.17, 15) is 4.79 Å². The Labute approximate surface area is 179 Å². The average molecular weight is 402 g/mol. The van der Waals surface area contributed by atoms with E-state index in [1.165, 1.54) is 45.7 Å². The maximum absolute atomic E-state index is 13.0. The summed E-state index contributed by atoms with van der Waals surface area (Å²) in [5.41, 5.74) is 6.19. The Morgan fingerprint density at radius 2 is 1.80 bits per heavy atom. The molecule has 3 aliphatic rings. The monoisotopic (exact) mass is 401 g/mol. The van der Waals surface area contributed by atoms with Gasteiger partial charge >= 0.3 is 5.97 Å². The minimum Gasteiger partial charge on any atom is -0.459 e. The predicted molar refractivity (Wildman–Crippen MR) is 121 cm³/mol. The fourth-order valence-electron chi connectivity index (χ4n) is 5.33. The lowest BCUT2D eigenvalue weighted by molar-refractivity contribution is -0.157. The van der Waals surface area contributed by atoms with Crippen molar-refractivity contribution < 1.29 is 9.53 Å². The summed E-state index contributed by atoms with van der Waals surface area (Å²) in [5, 5.41) is 2.63. The van der Waals surface area contributed by atoms with Crippen LogP contribution in [0.1, 0.15) is 63.5 Å². The van der Waals surface area contributed by atoms with Gasteiger partial charge in [0.25, 0.3) is 0 Å². The molecule has 0 bridgehead atoms. The molecule has 1 fully saturated rings. The van der Waals surface area contributed by atoms with E-state index in [4.69, 9.17) is 4.74 Å². The first-order valence-corrected chi connectivity index (χ1v) is 11.3. The van der Waals surface area contributed by atoms with Crippen molar-refractivity contribution in [3.8, 4) is 11.1 Å². The summed E-state index contributed by atoms with van der Waals surface area (Å²) in [4.78, 5) is 15.6. The van der Waals surface area contributed by atoms with Gasteiger partial charge in [-0.05, 0) is 73.9 Å². The number of likely N-dealkylation sites (tertiary alicyclic amines) is 1. The first-order valence-electron chi connectivity index (χ1n) is 11.3. The van der Waals surface area contributed by atoms with Crippen molar-refractivity contribution in [3.05, 3.63) is 58.0 Å². The van der Waals surface area contributed by atoms with Gasteiger partial charge in [0.15, 0.2) is 0 Å². The average Bonchev–Trinajstić information content (AvgIpc) is 3.25. The Hall–Kier alpha value is -2.55. The van der Waals surface area contributed by atoms with Gasteiger partial charge in [-0.15, -0.1) is 0 Å². The van der Waals surface area contributed by atoms with Crippen LogP contribution >= 0.6 is 0 Å². The van der Waals surface area contributed by atoms with E-state index in [1.54, 1.807) is 0 Å². The lowest BCUT2D eigenvalue weighted by Crippen LogP contribution is -2.43. The molecule has 1 saturated heterocycles. The largest absolute Gasteiger partial charge is 0.459 e. The van der Waals surface area contributed by atoms with Crippen molar-refractivity contribution in [1.82, 2.24) is 4.90 Å². The Kier molecular flexibility index (Phi) is 4.72. The van der Waals surface area contributed by atoms with Crippen molar-refractivity contribution in [1.29, 1.82) is 0 Å². The number of carbonyl (C=O) groups is 1. The fraction of sp³-hybridized carbons (Fsp3) is 0.444. The number of ether oxygens (including phenoxy) is 1. The highest BCUT2D eigenvalue weighted by Crippen LogP contribution is 2.32. The molecule has 30 heavy (non-hydrogen) atoms. The van der Waals surface area contributed by atoms with Gasteiger partial charge < -0.3 is 9.64 Å². The first-order chi connectivity index (χ1) is 14.4. The Morgan fingerprint density at radius 3 is 2.57 bits per heavy atom. The number of benzene rings is 2. The van der Waals surface area contributed by atoms with Crippen LogP contribution in [0.25, 0.3) is 22.9 Å². The van der Waals surface area contributed by atoms with E-state index in [2.05, 4.69) is 47.4 Å². The third kappa shape index (κ3) is 3.34. The second-order valence-corrected chi connectivity index (χ2v) is 9.83. The predicted octanol–water partition coefficient (Wildman–Crippen LogP) is 4.11. The lowest BCUT2D eigenvalue weighted by atomic mass is 9.81. The summed E-state index contributed by atoms with van der Waals surface area (Å²) >= 11 is 0. The van der Waals surface area contributed by atoms with Gasteiger partial charge in [0.2, 0.25) is 0 Å². The van der Waals surface area contributed by atoms with Crippen molar-refractivity contribution >= 4 is 17.7 Å². The van der Waals surface area contributed by atoms with Crippen LogP contribution < -0.4 is 10.4 Å². The summed E-state index contributed by atoms with van der Waals surface area (Å²) in [6, 6.07) is 13.2. The molecule has 3 heteroatoms. The molecule has 3 nitrogen and oxygen atoms in total. The summed E-state index contributed by atoms with van der Waals surface area (Å²) < 4.78 is 5.79. The van der Waals surface area contributed by atoms with Crippen LogP contribution in [0, 0.1) is 0 Å². The Morgan fingerprint density at radius 1 is 1.03 bits per heavy atom. The number of esters is 1. The molecule has 0 saturated carbocycles. The van der Waals surface area contributed by atoms with Gasteiger partial charge in [0.05, 0.1) is 5.92 Å². The molecular formula is C27H31NO2. The van der Waals surface area contributed by atoms with Crippen LogP contribution in [0.15, 0.2) is 36.4 Å².